The van der Waals surface area contributed by atoms with E-state index in [-0.39, 0.29) is 29.3 Å². The lowest BCUT2D eigenvalue weighted by atomic mass is 9.90. The Labute approximate surface area is 190 Å². The van der Waals surface area contributed by atoms with Crippen LogP contribution in [0.2, 0.25) is 0 Å². The zero-order valence-corrected chi connectivity index (χ0v) is 18.7. The van der Waals surface area contributed by atoms with Crippen molar-refractivity contribution in [1.29, 1.82) is 0 Å². The van der Waals surface area contributed by atoms with E-state index in [4.69, 9.17) is 9.47 Å². The standard InChI is InChI=1S/C23H21FN2O6S/c1-14-3-9-19(24)21-18(14)11-12-26(22(21)23(27)28)33(29,30)17-8-10-20(25-13-17)32-16-6-4-15(31-2)5-7-16/h3-10,13,22H,11-12H2,1-2H3,(H,27,28). The number of pyridine rings is 1. The Morgan fingerprint density at radius 3 is 2.42 bits per heavy atom. The van der Waals surface area contributed by atoms with Gasteiger partial charge in [-0.15, -0.1) is 0 Å². The summed E-state index contributed by atoms with van der Waals surface area (Å²) in [4.78, 5) is 15.9. The molecule has 1 N–H and O–H groups in total. The Balaban J connectivity index is 1.63. The maximum Gasteiger partial charge on any atom is 0.326 e. The van der Waals surface area contributed by atoms with Crippen LogP contribution < -0.4 is 9.47 Å². The molecule has 0 spiro atoms. The lowest BCUT2D eigenvalue weighted by Crippen LogP contribution is -2.44. The van der Waals surface area contributed by atoms with E-state index in [0.29, 0.717) is 17.1 Å². The number of benzene rings is 2. The van der Waals surface area contributed by atoms with E-state index in [1.807, 2.05) is 0 Å². The van der Waals surface area contributed by atoms with E-state index in [0.717, 1.165) is 22.1 Å². The number of aromatic nitrogens is 1. The molecule has 1 atom stereocenters. The Morgan fingerprint density at radius 2 is 1.82 bits per heavy atom. The molecule has 3 aromatic rings. The first-order valence-corrected chi connectivity index (χ1v) is 11.5. The highest BCUT2D eigenvalue weighted by atomic mass is 32.2. The molecule has 1 aliphatic rings. The molecule has 0 saturated carbocycles. The van der Waals surface area contributed by atoms with Gasteiger partial charge in [-0.3, -0.25) is 4.79 Å². The van der Waals surface area contributed by atoms with Crippen LogP contribution in [0.4, 0.5) is 4.39 Å². The van der Waals surface area contributed by atoms with E-state index in [1.54, 1.807) is 44.4 Å². The zero-order valence-electron chi connectivity index (χ0n) is 17.9. The van der Waals surface area contributed by atoms with Crippen LogP contribution in [0.1, 0.15) is 22.7 Å². The predicted molar refractivity (Wildman–Crippen MR) is 116 cm³/mol. The second-order valence-corrected chi connectivity index (χ2v) is 9.36. The van der Waals surface area contributed by atoms with Gasteiger partial charge in [-0.05, 0) is 60.9 Å². The predicted octanol–water partition coefficient (Wildman–Crippen LogP) is 3.70. The van der Waals surface area contributed by atoms with Crippen molar-refractivity contribution in [2.24, 2.45) is 0 Å². The molecule has 33 heavy (non-hydrogen) atoms. The topological polar surface area (TPSA) is 106 Å². The summed E-state index contributed by atoms with van der Waals surface area (Å²) in [6.07, 6.45) is 1.29. The number of carbonyl (C=O) groups is 1. The summed E-state index contributed by atoms with van der Waals surface area (Å²) in [7, 11) is -2.73. The van der Waals surface area contributed by atoms with Gasteiger partial charge >= 0.3 is 5.97 Å². The minimum Gasteiger partial charge on any atom is -0.497 e. The van der Waals surface area contributed by atoms with E-state index in [2.05, 4.69) is 4.98 Å². The Kier molecular flexibility index (Phi) is 6.05. The van der Waals surface area contributed by atoms with Gasteiger partial charge in [-0.2, -0.15) is 4.31 Å². The van der Waals surface area contributed by atoms with Crippen LogP contribution in [0.25, 0.3) is 0 Å². The molecule has 0 amide bonds. The van der Waals surface area contributed by atoms with E-state index in [1.165, 1.54) is 12.1 Å². The number of ether oxygens (including phenoxy) is 2. The minimum atomic E-state index is -4.28. The molecule has 172 valence electrons. The summed E-state index contributed by atoms with van der Waals surface area (Å²) in [6, 6.07) is 10.4. The first-order valence-electron chi connectivity index (χ1n) is 10.0. The van der Waals surface area contributed by atoms with Crippen LogP contribution in [-0.2, 0) is 21.2 Å². The molecule has 2 aromatic carbocycles. The van der Waals surface area contributed by atoms with Crippen molar-refractivity contribution >= 4 is 16.0 Å². The molecule has 2 heterocycles. The number of fused-ring (bicyclic) bond motifs is 1. The van der Waals surface area contributed by atoms with E-state index < -0.39 is 27.9 Å². The molecule has 1 aliphatic heterocycles. The van der Waals surface area contributed by atoms with Crippen molar-refractivity contribution in [1.82, 2.24) is 9.29 Å². The number of carboxylic acids is 1. The Hall–Kier alpha value is -3.50. The quantitative estimate of drug-likeness (QED) is 0.583. The third kappa shape index (κ3) is 4.27. The lowest BCUT2D eigenvalue weighted by molar-refractivity contribution is -0.142. The van der Waals surface area contributed by atoms with Gasteiger partial charge in [0.2, 0.25) is 15.9 Å². The molecule has 4 rings (SSSR count). The van der Waals surface area contributed by atoms with Crippen molar-refractivity contribution in [3.8, 4) is 17.4 Å². The van der Waals surface area contributed by atoms with Crippen molar-refractivity contribution < 1.29 is 32.2 Å². The lowest BCUT2D eigenvalue weighted by Gasteiger charge is -2.34. The molecule has 0 fully saturated rings. The molecular weight excluding hydrogens is 451 g/mol. The summed E-state index contributed by atoms with van der Waals surface area (Å²) in [6.45, 7) is 1.65. The van der Waals surface area contributed by atoms with Gasteiger partial charge in [0.05, 0.1) is 13.3 Å². The number of nitrogens with zero attached hydrogens (tertiary/aromatic N) is 2. The number of methoxy groups -OCH3 is 1. The van der Waals surface area contributed by atoms with Gasteiger partial charge in [-0.25, -0.2) is 17.8 Å². The highest BCUT2D eigenvalue weighted by Crippen LogP contribution is 2.37. The minimum absolute atomic E-state index is 0.0965. The average Bonchev–Trinajstić information content (AvgIpc) is 2.81. The molecule has 0 aliphatic carbocycles. The van der Waals surface area contributed by atoms with E-state index in [9.17, 15) is 22.7 Å². The largest absolute Gasteiger partial charge is 0.497 e. The summed E-state index contributed by atoms with van der Waals surface area (Å²) >= 11 is 0. The first kappa shape index (κ1) is 22.7. The SMILES string of the molecule is COc1ccc(Oc2ccc(S(=O)(=O)N3CCc4c(C)ccc(F)c4C3C(=O)O)cn2)cc1. The van der Waals surface area contributed by atoms with Gasteiger partial charge in [0.25, 0.3) is 0 Å². The number of sulfonamides is 1. The molecule has 1 unspecified atom stereocenters. The highest BCUT2D eigenvalue weighted by Gasteiger charge is 2.42. The van der Waals surface area contributed by atoms with Crippen LogP contribution >= 0.6 is 0 Å². The number of rotatable bonds is 6. The zero-order chi connectivity index (χ0) is 23.8. The van der Waals surface area contributed by atoms with Gasteiger partial charge in [-0.1, -0.05) is 6.07 Å². The second kappa shape index (κ2) is 8.80. The van der Waals surface area contributed by atoms with Crippen LogP contribution in [0.15, 0.2) is 59.6 Å². The monoisotopic (exact) mass is 472 g/mol. The highest BCUT2D eigenvalue weighted by molar-refractivity contribution is 7.89. The normalized spacial score (nSPS) is 16.2. The molecule has 0 radical (unpaired) electrons. The second-order valence-electron chi connectivity index (χ2n) is 7.47. The van der Waals surface area contributed by atoms with Crippen LogP contribution in [0.5, 0.6) is 17.4 Å². The summed E-state index contributed by atoms with van der Waals surface area (Å²) in [5.41, 5.74) is 1.12. The van der Waals surface area contributed by atoms with Crippen molar-refractivity contribution in [3.63, 3.8) is 0 Å². The fourth-order valence-corrected chi connectivity index (χ4v) is 5.35. The smallest absolute Gasteiger partial charge is 0.326 e. The van der Waals surface area contributed by atoms with Gasteiger partial charge in [0.15, 0.2) is 6.04 Å². The maximum absolute atomic E-state index is 14.6. The fourth-order valence-electron chi connectivity index (χ4n) is 3.85. The maximum atomic E-state index is 14.6. The summed E-state index contributed by atoms with van der Waals surface area (Å²) in [5.74, 6) is -0.914. The molecule has 1 aromatic heterocycles. The summed E-state index contributed by atoms with van der Waals surface area (Å²) < 4.78 is 52.7. The van der Waals surface area contributed by atoms with Crippen molar-refractivity contribution in [3.05, 3.63) is 77.2 Å². The van der Waals surface area contributed by atoms with E-state index >= 15 is 0 Å². The van der Waals surface area contributed by atoms with Crippen LogP contribution in [0, 0.1) is 12.7 Å². The van der Waals surface area contributed by atoms with Gasteiger partial charge in [0.1, 0.15) is 22.2 Å². The van der Waals surface area contributed by atoms with Gasteiger partial charge < -0.3 is 14.6 Å². The average molecular weight is 472 g/mol. The number of hydrogen-bond acceptors (Lipinski definition) is 6. The van der Waals surface area contributed by atoms with Crippen LogP contribution in [-0.4, -0.2) is 42.4 Å². The summed E-state index contributed by atoms with van der Waals surface area (Å²) in [5, 5.41) is 9.81. The molecule has 8 nitrogen and oxygen atoms in total. The Bertz CT molecular complexity index is 1290. The molecule has 10 heteroatoms. The Morgan fingerprint density at radius 1 is 1.12 bits per heavy atom. The number of hydrogen-bond donors (Lipinski definition) is 1. The molecule has 0 bridgehead atoms. The third-order valence-corrected chi connectivity index (χ3v) is 7.36. The number of halogens is 1. The number of aryl methyl sites for hydroxylation is 1. The molecular formula is C23H21FN2O6S. The first-order chi connectivity index (χ1) is 15.7. The van der Waals surface area contributed by atoms with Crippen molar-refractivity contribution in [2.75, 3.05) is 13.7 Å². The number of carboxylic acid groups (broad SMARTS) is 1. The molecule has 0 saturated heterocycles. The fraction of sp³-hybridized carbons (Fsp3) is 0.217. The van der Waals surface area contributed by atoms with Gasteiger partial charge in [0, 0.05) is 18.2 Å². The number of aliphatic carboxylic acids is 1. The van der Waals surface area contributed by atoms with Crippen LogP contribution in [0.3, 0.4) is 0 Å². The third-order valence-electron chi connectivity index (χ3n) is 5.51. The van der Waals surface area contributed by atoms with Crippen molar-refractivity contribution in [2.45, 2.75) is 24.3 Å².